The van der Waals surface area contributed by atoms with Crippen LogP contribution in [0.25, 0.3) is 0 Å². The van der Waals surface area contributed by atoms with Crippen molar-refractivity contribution in [2.45, 2.75) is 28.9 Å². The number of nitrogens with zero attached hydrogens (tertiary/aromatic N) is 4. The van der Waals surface area contributed by atoms with Gasteiger partial charge >= 0.3 is 0 Å². The molecule has 0 bridgehead atoms. The van der Waals surface area contributed by atoms with Crippen LogP contribution in [-0.2, 0) is 6.42 Å². The first-order valence-electron chi connectivity index (χ1n) is 4.74. The molecular weight excluding hydrogens is 242 g/mol. The molecule has 2 N–H and O–H groups in total. The fraction of sp³-hybridized carbons (Fsp3) is 0.333. The second-order valence-electron chi connectivity index (χ2n) is 3.36. The van der Waals surface area contributed by atoms with Crippen molar-refractivity contribution < 1.29 is 0 Å². The highest BCUT2D eigenvalue weighted by atomic mass is 32.2. The average molecular weight is 253 g/mol. The summed E-state index contributed by atoms with van der Waals surface area (Å²) in [6.07, 6.45) is 4.41. The lowest BCUT2D eigenvalue weighted by atomic mass is 10.1. The number of nitrogens with two attached hydrogens (primary N) is 1. The lowest BCUT2D eigenvalue weighted by Crippen LogP contribution is -2.17. The Kier molecular flexibility index (Phi) is 3.81. The molecule has 0 radical (unpaired) electrons. The molecule has 0 saturated carbocycles. The van der Waals surface area contributed by atoms with Crippen LogP contribution in [-0.4, -0.2) is 26.2 Å². The molecule has 2 aromatic heterocycles. The van der Waals surface area contributed by atoms with Gasteiger partial charge in [-0.15, -0.1) is 10.2 Å². The van der Waals surface area contributed by atoms with E-state index in [0.29, 0.717) is 5.16 Å². The standard InChI is InChI=1S/C9H11N5S2/c1-6(10)2-7-3-11-8(12-4-7)16-9-14-13-5-15-9/h3-6H,2,10H2,1H3. The fourth-order valence-corrected chi connectivity index (χ4v) is 2.44. The Labute approximate surface area is 102 Å². The maximum atomic E-state index is 5.69. The molecule has 0 saturated heterocycles. The van der Waals surface area contributed by atoms with E-state index in [9.17, 15) is 0 Å². The molecule has 1 atom stereocenters. The summed E-state index contributed by atoms with van der Waals surface area (Å²) in [4.78, 5) is 8.48. The molecule has 2 rings (SSSR count). The van der Waals surface area contributed by atoms with E-state index in [0.717, 1.165) is 16.3 Å². The minimum atomic E-state index is 0.130. The van der Waals surface area contributed by atoms with Gasteiger partial charge in [-0.25, -0.2) is 9.97 Å². The van der Waals surface area contributed by atoms with Crippen molar-refractivity contribution in [1.82, 2.24) is 20.2 Å². The van der Waals surface area contributed by atoms with E-state index in [-0.39, 0.29) is 6.04 Å². The van der Waals surface area contributed by atoms with Crippen molar-refractivity contribution in [3.63, 3.8) is 0 Å². The van der Waals surface area contributed by atoms with E-state index in [1.54, 1.807) is 17.9 Å². The minimum absolute atomic E-state index is 0.130. The van der Waals surface area contributed by atoms with Gasteiger partial charge in [-0.1, -0.05) is 11.3 Å². The smallest absolute Gasteiger partial charge is 0.194 e. The van der Waals surface area contributed by atoms with Crippen LogP contribution in [0.3, 0.4) is 0 Å². The van der Waals surface area contributed by atoms with E-state index in [1.165, 1.54) is 23.1 Å². The molecule has 2 heterocycles. The van der Waals surface area contributed by atoms with Crippen molar-refractivity contribution in [2.24, 2.45) is 5.73 Å². The summed E-state index contributed by atoms with van der Waals surface area (Å²) in [5.74, 6) is 0. The lowest BCUT2D eigenvalue weighted by molar-refractivity contribution is 0.727. The Morgan fingerprint density at radius 2 is 2.19 bits per heavy atom. The quantitative estimate of drug-likeness (QED) is 0.829. The number of aromatic nitrogens is 4. The Hall–Kier alpha value is -1.05. The molecule has 7 heteroatoms. The van der Waals surface area contributed by atoms with Gasteiger partial charge < -0.3 is 5.73 Å². The molecular formula is C9H11N5S2. The third-order valence-corrected chi connectivity index (χ3v) is 3.43. The molecule has 0 aliphatic rings. The summed E-state index contributed by atoms with van der Waals surface area (Å²) in [5.41, 5.74) is 8.43. The van der Waals surface area contributed by atoms with E-state index in [2.05, 4.69) is 20.2 Å². The van der Waals surface area contributed by atoms with Crippen LogP contribution in [0.1, 0.15) is 12.5 Å². The molecule has 0 amide bonds. The number of hydrogen-bond donors (Lipinski definition) is 1. The van der Waals surface area contributed by atoms with Crippen molar-refractivity contribution in [1.29, 1.82) is 0 Å². The Morgan fingerprint density at radius 3 is 2.75 bits per heavy atom. The average Bonchev–Trinajstić information content (AvgIpc) is 2.73. The SMILES string of the molecule is CC(N)Cc1cnc(Sc2nncs2)nc1. The lowest BCUT2D eigenvalue weighted by Gasteiger charge is -2.03. The van der Waals surface area contributed by atoms with Gasteiger partial charge in [0.15, 0.2) is 9.50 Å². The third-order valence-electron chi connectivity index (χ3n) is 1.76. The maximum Gasteiger partial charge on any atom is 0.194 e. The van der Waals surface area contributed by atoms with Gasteiger partial charge in [0.2, 0.25) is 0 Å². The summed E-state index contributed by atoms with van der Waals surface area (Å²) < 4.78 is 0.847. The van der Waals surface area contributed by atoms with E-state index in [1.807, 2.05) is 6.92 Å². The third kappa shape index (κ3) is 3.22. The van der Waals surface area contributed by atoms with Crippen LogP contribution in [0.15, 0.2) is 27.4 Å². The summed E-state index contributed by atoms with van der Waals surface area (Å²) in [6.45, 7) is 1.96. The molecule has 0 spiro atoms. The zero-order valence-electron chi connectivity index (χ0n) is 8.70. The van der Waals surface area contributed by atoms with Gasteiger partial charge in [0.05, 0.1) is 0 Å². The molecule has 0 aromatic carbocycles. The molecule has 0 aliphatic carbocycles. The van der Waals surface area contributed by atoms with Crippen LogP contribution in [0.4, 0.5) is 0 Å². The van der Waals surface area contributed by atoms with E-state index in [4.69, 9.17) is 5.73 Å². The maximum absolute atomic E-state index is 5.69. The summed E-state index contributed by atoms with van der Waals surface area (Å²) in [6, 6.07) is 0.130. The van der Waals surface area contributed by atoms with Crippen molar-refractivity contribution in [3.05, 3.63) is 23.5 Å². The predicted molar refractivity (Wildman–Crippen MR) is 63.4 cm³/mol. The first-order valence-corrected chi connectivity index (χ1v) is 6.44. The molecule has 1 unspecified atom stereocenters. The Bertz CT molecular complexity index is 426. The Morgan fingerprint density at radius 1 is 1.44 bits per heavy atom. The van der Waals surface area contributed by atoms with Crippen LogP contribution < -0.4 is 5.73 Å². The zero-order valence-corrected chi connectivity index (χ0v) is 10.3. The predicted octanol–water partition coefficient (Wildman–Crippen LogP) is 1.37. The molecule has 2 aromatic rings. The van der Waals surface area contributed by atoms with Crippen LogP contribution in [0.2, 0.25) is 0 Å². The molecule has 0 aliphatic heterocycles. The normalized spacial score (nSPS) is 12.6. The van der Waals surface area contributed by atoms with E-state index < -0.39 is 0 Å². The largest absolute Gasteiger partial charge is 0.328 e. The van der Waals surface area contributed by atoms with Gasteiger partial charge in [0.1, 0.15) is 5.51 Å². The first-order chi connectivity index (χ1) is 7.74. The van der Waals surface area contributed by atoms with Crippen LogP contribution >= 0.6 is 23.1 Å². The highest BCUT2D eigenvalue weighted by Crippen LogP contribution is 2.24. The fourth-order valence-electron chi connectivity index (χ4n) is 1.16. The second kappa shape index (κ2) is 5.33. The highest BCUT2D eigenvalue weighted by Gasteiger charge is 2.04. The summed E-state index contributed by atoms with van der Waals surface area (Å²) in [5, 5.41) is 8.35. The van der Waals surface area contributed by atoms with Gasteiger partial charge in [-0.2, -0.15) is 0 Å². The topological polar surface area (TPSA) is 77.6 Å². The second-order valence-corrected chi connectivity index (χ2v) is 5.41. The van der Waals surface area contributed by atoms with Gasteiger partial charge in [-0.05, 0) is 30.7 Å². The van der Waals surface area contributed by atoms with Gasteiger partial charge in [0, 0.05) is 18.4 Å². The monoisotopic (exact) mass is 253 g/mol. The van der Waals surface area contributed by atoms with Gasteiger partial charge in [0.25, 0.3) is 0 Å². The van der Waals surface area contributed by atoms with Crippen molar-refractivity contribution >= 4 is 23.1 Å². The first kappa shape index (κ1) is 11.4. The number of hydrogen-bond acceptors (Lipinski definition) is 7. The van der Waals surface area contributed by atoms with Crippen LogP contribution in [0.5, 0.6) is 0 Å². The molecule has 5 nitrogen and oxygen atoms in total. The molecule has 84 valence electrons. The minimum Gasteiger partial charge on any atom is -0.328 e. The van der Waals surface area contributed by atoms with Crippen LogP contribution in [0, 0.1) is 0 Å². The summed E-state index contributed by atoms with van der Waals surface area (Å²) >= 11 is 2.89. The molecule has 16 heavy (non-hydrogen) atoms. The van der Waals surface area contributed by atoms with Crippen molar-refractivity contribution in [3.8, 4) is 0 Å². The Balaban J connectivity index is 2.02. The summed E-state index contributed by atoms with van der Waals surface area (Å²) in [7, 11) is 0. The zero-order chi connectivity index (χ0) is 11.4. The van der Waals surface area contributed by atoms with Crippen molar-refractivity contribution in [2.75, 3.05) is 0 Å². The molecule has 0 fully saturated rings. The highest BCUT2D eigenvalue weighted by molar-refractivity contribution is 8.00. The van der Waals surface area contributed by atoms with Gasteiger partial charge in [-0.3, -0.25) is 0 Å². The van der Waals surface area contributed by atoms with E-state index >= 15 is 0 Å². The number of rotatable bonds is 4.